The third-order valence-corrected chi connectivity index (χ3v) is 6.17. The summed E-state index contributed by atoms with van der Waals surface area (Å²) in [4.78, 5) is 26.4. The van der Waals surface area contributed by atoms with Crippen LogP contribution in [0.4, 0.5) is 17.3 Å². The minimum absolute atomic E-state index is 0.0359. The summed E-state index contributed by atoms with van der Waals surface area (Å²) in [6.07, 6.45) is 3.24. The van der Waals surface area contributed by atoms with Gasteiger partial charge in [0.05, 0.1) is 23.2 Å². The Morgan fingerprint density at radius 2 is 1.64 bits per heavy atom. The highest BCUT2D eigenvalue weighted by atomic mass is 16.3. The number of azo groups is 1. The van der Waals surface area contributed by atoms with Crippen molar-refractivity contribution in [1.82, 2.24) is 19.5 Å². The number of nitrogens with one attached hydrogen (secondary N) is 1. The van der Waals surface area contributed by atoms with Crippen molar-refractivity contribution in [3.05, 3.63) is 108 Å². The number of rotatable bonds is 6. The Labute approximate surface area is 222 Å². The Morgan fingerprint density at radius 1 is 0.897 bits per heavy atom. The average molecular weight is 516 g/mol. The van der Waals surface area contributed by atoms with Crippen molar-refractivity contribution in [3.8, 4) is 11.7 Å². The highest BCUT2D eigenvalue weighted by Gasteiger charge is 2.20. The summed E-state index contributed by atoms with van der Waals surface area (Å²) in [7, 11) is 0. The molecule has 6 rings (SSSR count). The molecular weight excluding hydrogens is 494 g/mol. The third-order valence-electron chi connectivity index (χ3n) is 6.17. The number of aromatic hydroxyl groups is 1. The maximum atomic E-state index is 13.2. The second kappa shape index (κ2) is 10.1. The minimum Gasteiger partial charge on any atom is -0.505 e. The van der Waals surface area contributed by atoms with Crippen molar-refractivity contribution < 1.29 is 15.0 Å². The maximum Gasteiger partial charge on any atom is 0.259 e. The molecule has 0 unspecified atom stereocenters. The van der Waals surface area contributed by atoms with E-state index in [1.807, 2.05) is 42.5 Å². The average Bonchev–Trinajstić information content (AvgIpc) is 3.35. The lowest BCUT2D eigenvalue weighted by molar-refractivity contribution is 0.102. The zero-order valence-electron chi connectivity index (χ0n) is 20.4. The molecule has 0 radical (unpaired) electrons. The van der Waals surface area contributed by atoms with E-state index in [4.69, 9.17) is 0 Å². The SMILES string of the molecule is O=C(Nc1ccc(CO)cc1)c1cc2ccccc2c(N=Nc2nc3ccccc3n2-c2ncccn2)c1O. The number of phenolic OH excluding ortho intramolecular Hbond substituents is 1. The molecule has 2 aromatic heterocycles. The number of nitrogens with zero attached hydrogens (tertiary/aromatic N) is 6. The van der Waals surface area contributed by atoms with Crippen LogP contribution in [0.5, 0.6) is 5.75 Å². The van der Waals surface area contributed by atoms with Crippen LogP contribution in [-0.4, -0.2) is 35.6 Å². The fourth-order valence-corrected chi connectivity index (χ4v) is 4.26. The van der Waals surface area contributed by atoms with Gasteiger partial charge in [-0.3, -0.25) is 4.79 Å². The molecule has 190 valence electrons. The summed E-state index contributed by atoms with van der Waals surface area (Å²) in [5, 5.41) is 33.3. The van der Waals surface area contributed by atoms with Gasteiger partial charge in [0.25, 0.3) is 11.9 Å². The summed E-state index contributed by atoms with van der Waals surface area (Å²) in [6.45, 7) is -0.0990. The van der Waals surface area contributed by atoms with E-state index in [9.17, 15) is 15.0 Å². The van der Waals surface area contributed by atoms with Gasteiger partial charge in [0.2, 0.25) is 5.95 Å². The lowest BCUT2D eigenvalue weighted by atomic mass is 10.0. The number of fused-ring (bicyclic) bond motifs is 2. The number of amides is 1. The zero-order valence-corrected chi connectivity index (χ0v) is 20.4. The molecule has 10 nitrogen and oxygen atoms in total. The molecule has 3 N–H and O–H groups in total. The van der Waals surface area contributed by atoms with Crippen LogP contribution >= 0.6 is 0 Å². The third kappa shape index (κ3) is 4.56. The van der Waals surface area contributed by atoms with Gasteiger partial charge in [0.1, 0.15) is 5.69 Å². The molecule has 0 spiro atoms. The number of phenols is 1. The van der Waals surface area contributed by atoms with E-state index in [0.29, 0.717) is 27.9 Å². The molecule has 6 aromatic rings. The van der Waals surface area contributed by atoms with Crippen LogP contribution in [0.25, 0.3) is 27.8 Å². The second-order valence-corrected chi connectivity index (χ2v) is 8.64. The summed E-state index contributed by atoms with van der Waals surface area (Å²) in [5.74, 6) is -0.254. The monoisotopic (exact) mass is 515 g/mol. The van der Waals surface area contributed by atoms with Gasteiger partial charge in [-0.15, -0.1) is 10.2 Å². The number of hydrogen-bond donors (Lipinski definition) is 3. The van der Waals surface area contributed by atoms with Crippen LogP contribution in [0.3, 0.4) is 0 Å². The van der Waals surface area contributed by atoms with E-state index >= 15 is 0 Å². The zero-order chi connectivity index (χ0) is 26.8. The first-order chi connectivity index (χ1) is 19.1. The van der Waals surface area contributed by atoms with Crippen LogP contribution < -0.4 is 5.32 Å². The molecule has 10 heteroatoms. The highest BCUT2D eigenvalue weighted by molar-refractivity contribution is 6.11. The molecule has 0 bridgehead atoms. The number of aromatic nitrogens is 4. The second-order valence-electron chi connectivity index (χ2n) is 8.64. The molecule has 2 heterocycles. The van der Waals surface area contributed by atoms with E-state index in [-0.39, 0.29) is 29.6 Å². The van der Waals surface area contributed by atoms with Gasteiger partial charge in [-0.2, -0.15) is 0 Å². The van der Waals surface area contributed by atoms with Crippen molar-refractivity contribution in [3.63, 3.8) is 0 Å². The largest absolute Gasteiger partial charge is 0.505 e. The molecule has 0 saturated heterocycles. The number of imidazole rings is 1. The molecule has 0 atom stereocenters. The topological polar surface area (TPSA) is 138 Å². The molecule has 0 aliphatic carbocycles. The predicted octanol–water partition coefficient (Wildman–Crippen LogP) is 5.83. The van der Waals surface area contributed by atoms with Crippen LogP contribution in [0.15, 0.2) is 108 Å². The smallest absolute Gasteiger partial charge is 0.259 e. The Hall–Kier alpha value is -5.48. The number of para-hydroxylation sites is 2. The summed E-state index contributed by atoms with van der Waals surface area (Å²) in [6, 6.07) is 24.8. The first-order valence-corrected chi connectivity index (χ1v) is 12.0. The number of benzene rings is 4. The van der Waals surface area contributed by atoms with E-state index in [0.717, 1.165) is 11.1 Å². The van der Waals surface area contributed by atoms with Crippen LogP contribution in [-0.2, 0) is 6.61 Å². The van der Waals surface area contributed by atoms with Gasteiger partial charge in [0.15, 0.2) is 5.75 Å². The van der Waals surface area contributed by atoms with E-state index < -0.39 is 5.91 Å². The van der Waals surface area contributed by atoms with E-state index in [1.165, 1.54) is 0 Å². The fraction of sp³-hybridized carbons (Fsp3) is 0.0345. The number of hydrogen-bond acceptors (Lipinski definition) is 8. The van der Waals surface area contributed by atoms with Crippen molar-refractivity contribution >= 4 is 45.0 Å². The Morgan fingerprint density at radius 3 is 2.44 bits per heavy atom. The lowest BCUT2D eigenvalue weighted by Crippen LogP contribution is -2.12. The molecule has 0 saturated carbocycles. The molecule has 1 amide bonds. The van der Waals surface area contributed by atoms with E-state index in [1.54, 1.807) is 59.4 Å². The molecule has 0 aliphatic heterocycles. The van der Waals surface area contributed by atoms with Gasteiger partial charge >= 0.3 is 0 Å². The quantitative estimate of drug-likeness (QED) is 0.239. The number of carbonyl (C=O) groups excluding carboxylic acids is 1. The lowest BCUT2D eigenvalue weighted by Gasteiger charge is -2.11. The predicted molar refractivity (Wildman–Crippen MR) is 147 cm³/mol. The summed E-state index contributed by atoms with van der Waals surface area (Å²) < 4.78 is 1.67. The van der Waals surface area contributed by atoms with Crippen LogP contribution in [0, 0.1) is 0 Å². The minimum atomic E-state index is -0.517. The Balaban J connectivity index is 1.44. The van der Waals surface area contributed by atoms with Crippen molar-refractivity contribution in [2.75, 3.05) is 5.32 Å². The highest BCUT2D eigenvalue weighted by Crippen LogP contribution is 2.40. The Bertz CT molecular complexity index is 1850. The molecule has 4 aromatic carbocycles. The summed E-state index contributed by atoms with van der Waals surface area (Å²) in [5.41, 5.74) is 2.82. The molecular formula is C29H21N7O3. The number of carbonyl (C=O) groups is 1. The van der Waals surface area contributed by atoms with Gasteiger partial charge in [-0.05, 0) is 47.3 Å². The van der Waals surface area contributed by atoms with Crippen molar-refractivity contribution in [1.29, 1.82) is 0 Å². The fourth-order valence-electron chi connectivity index (χ4n) is 4.26. The molecule has 0 fully saturated rings. The van der Waals surface area contributed by atoms with Crippen molar-refractivity contribution in [2.45, 2.75) is 6.61 Å². The standard InChI is InChI=1S/C29H21N7O3/c37-17-18-10-12-20(13-11-18)32-27(39)22-16-19-6-1-2-7-21(19)25(26(22)38)34-35-29-33-23-8-3-4-9-24(23)36(29)28-30-14-5-15-31-28/h1-16,37-38H,17H2,(H,32,39). The molecule has 0 aliphatic rings. The van der Waals surface area contributed by atoms with Gasteiger partial charge < -0.3 is 15.5 Å². The first kappa shape index (κ1) is 23.9. The summed E-state index contributed by atoms with van der Waals surface area (Å²) >= 11 is 0. The maximum absolute atomic E-state index is 13.2. The van der Waals surface area contributed by atoms with E-state index in [2.05, 4.69) is 30.5 Å². The number of anilines is 1. The molecule has 39 heavy (non-hydrogen) atoms. The van der Waals surface area contributed by atoms with Gasteiger partial charge in [0, 0.05) is 23.5 Å². The van der Waals surface area contributed by atoms with Crippen molar-refractivity contribution in [2.24, 2.45) is 10.2 Å². The van der Waals surface area contributed by atoms with Crippen LogP contribution in [0.2, 0.25) is 0 Å². The normalized spacial score (nSPS) is 11.4. The Kier molecular flexibility index (Phi) is 6.20. The van der Waals surface area contributed by atoms with Crippen LogP contribution in [0.1, 0.15) is 15.9 Å². The first-order valence-electron chi connectivity index (χ1n) is 12.0. The number of aliphatic hydroxyl groups excluding tert-OH is 1. The van der Waals surface area contributed by atoms with Gasteiger partial charge in [-0.1, -0.05) is 48.5 Å². The number of aliphatic hydroxyl groups is 1. The van der Waals surface area contributed by atoms with Gasteiger partial charge in [-0.25, -0.2) is 19.5 Å².